The van der Waals surface area contributed by atoms with E-state index in [9.17, 15) is 4.39 Å². The third-order valence-electron chi connectivity index (χ3n) is 0.552. The van der Waals surface area contributed by atoms with Crippen molar-refractivity contribution in [2.45, 2.75) is 0 Å². The summed E-state index contributed by atoms with van der Waals surface area (Å²) in [6, 6.07) is 0. The molecule has 0 bridgehead atoms. The van der Waals surface area contributed by atoms with Crippen molar-refractivity contribution in [1.29, 1.82) is 0 Å². The van der Waals surface area contributed by atoms with E-state index in [1.54, 1.807) is 0 Å². The van der Waals surface area contributed by atoms with Crippen LogP contribution in [0.15, 0.2) is 6.20 Å². The van der Waals surface area contributed by atoms with E-state index in [1.165, 1.54) is 6.20 Å². The molecular weight excluding hydrogens is 115 g/mol. The summed E-state index contributed by atoms with van der Waals surface area (Å²) in [6.45, 7) is 0. The summed E-state index contributed by atoms with van der Waals surface area (Å²) < 4.78 is 15.4. The van der Waals surface area contributed by atoms with Gasteiger partial charge in [-0.2, -0.15) is 8.76 Å². The van der Waals surface area contributed by atoms with Crippen LogP contribution in [0.1, 0.15) is 0 Å². The Morgan fingerprint density at radius 2 is 2.57 bits per heavy atom. The molecule has 0 radical (unpaired) electrons. The van der Waals surface area contributed by atoms with Crippen LogP contribution >= 0.6 is 11.5 Å². The third kappa shape index (κ3) is 0.691. The molecule has 0 saturated heterocycles. The van der Waals surface area contributed by atoms with E-state index in [2.05, 4.69) is 4.37 Å². The second kappa shape index (κ2) is 1.46. The van der Waals surface area contributed by atoms with E-state index < -0.39 is 5.13 Å². The lowest BCUT2D eigenvalue weighted by Gasteiger charge is -1.74. The molecule has 0 spiro atoms. The molecule has 4 heteroatoms. The Bertz CT molecular complexity index is 145. The molecule has 1 rings (SSSR count). The highest BCUT2D eigenvalue weighted by Crippen LogP contribution is 2.10. The normalized spacial score (nSPS) is 9.29. The van der Waals surface area contributed by atoms with E-state index in [4.69, 9.17) is 5.73 Å². The monoisotopic (exact) mass is 118 g/mol. The zero-order valence-electron chi connectivity index (χ0n) is 3.39. The molecule has 2 nitrogen and oxygen atoms in total. The summed E-state index contributed by atoms with van der Waals surface area (Å²) in [7, 11) is 0. The minimum atomic E-state index is -0.403. The van der Waals surface area contributed by atoms with Crippen molar-refractivity contribution in [3.8, 4) is 0 Å². The molecule has 0 amide bonds. The van der Waals surface area contributed by atoms with Crippen LogP contribution in [-0.2, 0) is 0 Å². The van der Waals surface area contributed by atoms with E-state index in [1.807, 2.05) is 0 Å². The molecule has 1 heterocycles. The number of rotatable bonds is 0. The van der Waals surface area contributed by atoms with Gasteiger partial charge >= 0.3 is 0 Å². The standard InChI is InChI=1S/C3H3FN2S/c4-3-2(5)1-6-7-3/h1H,5H2. The van der Waals surface area contributed by atoms with Crippen LogP contribution in [0.4, 0.5) is 10.1 Å². The Hall–Kier alpha value is -0.640. The molecule has 0 aliphatic heterocycles. The van der Waals surface area contributed by atoms with Gasteiger partial charge in [0.15, 0.2) is 0 Å². The first-order chi connectivity index (χ1) is 3.30. The molecule has 0 saturated carbocycles. The topological polar surface area (TPSA) is 38.9 Å². The SMILES string of the molecule is Nc1cnsc1F. The number of hydrogen-bond donors (Lipinski definition) is 1. The smallest absolute Gasteiger partial charge is 0.218 e. The van der Waals surface area contributed by atoms with Crippen LogP contribution < -0.4 is 5.73 Å². The van der Waals surface area contributed by atoms with Gasteiger partial charge in [-0.25, -0.2) is 0 Å². The van der Waals surface area contributed by atoms with Gasteiger partial charge < -0.3 is 5.73 Å². The first kappa shape index (κ1) is 4.52. The van der Waals surface area contributed by atoms with Crippen LogP contribution in [-0.4, -0.2) is 4.37 Å². The highest BCUT2D eigenvalue weighted by Gasteiger charge is 1.95. The van der Waals surface area contributed by atoms with Crippen molar-refractivity contribution >= 4 is 17.2 Å². The highest BCUT2D eigenvalue weighted by molar-refractivity contribution is 7.04. The van der Waals surface area contributed by atoms with Crippen molar-refractivity contribution in [2.24, 2.45) is 0 Å². The quantitative estimate of drug-likeness (QED) is 0.548. The zero-order valence-corrected chi connectivity index (χ0v) is 4.20. The lowest BCUT2D eigenvalue weighted by Crippen LogP contribution is -1.80. The van der Waals surface area contributed by atoms with Crippen LogP contribution in [0.5, 0.6) is 0 Å². The Kier molecular flexibility index (Phi) is 0.941. The maximum absolute atomic E-state index is 11.9. The largest absolute Gasteiger partial charge is 0.394 e. The van der Waals surface area contributed by atoms with E-state index >= 15 is 0 Å². The number of nitrogen functional groups attached to an aromatic ring is 1. The van der Waals surface area contributed by atoms with Crippen LogP contribution in [0.3, 0.4) is 0 Å². The molecule has 38 valence electrons. The number of anilines is 1. The highest BCUT2D eigenvalue weighted by atomic mass is 32.1. The van der Waals surface area contributed by atoms with Gasteiger partial charge in [0.05, 0.1) is 11.9 Å². The predicted molar refractivity (Wildman–Crippen MR) is 26.5 cm³/mol. The molecule has 0 fully saturated rings. The lowest BCUT2D eigenvalue weighted by atomic mass is 10.6. The fraction of sp³-hybridized carbons (Fsp3) is 0. The van der Waals surface area contributed by atoms with E-state index in [0.29, 0.717) is 0 Å². The predicted octanol–water partition coefficient (Wildman–Crippen LogP) is 0.864. The van der Waals surface area contributed by atoms with Gasteiger partial charge in [0.25, 0.3) is 0 Å². The molecule has 2 N–H and O–H groups in total. The summed E-state index contributed by atoms with van der Waals surface area (Å²) in [4.78, 5) is 0. The first-order valence-corrected chi connectivity index (χ1v) is 2.43. The van der Waals surface area contributed by atoms with Gasteiger partial charge in [-0.3, -0.25) is 0 Å². The molecule has 1 aromatic heterocycles. The number of nitrogens with two attached hydrogens (primary N) is 1. The molecule has 0 aromatic carbocycles. The number of aromatic nitrogens is 1. The Morgan fingerprint density at radius 1 is 1.86 bits per heavy atom. The van der Waals surface area contributed by atoms with Crippen molar-refractivity contribution < 1.29 is 4.39 Å². The van der Waals surface area contributed by atoms with Gasteiger partial charge in [0.1, 0.15) is 0 Å². The van der Waals surface area contributed by atoms with Gasteiger partial charge in [-0.1, -0.05) is 0 Å². The Balaban J connectivity index is 3.12. The van der Waals surface area contributed by atoms with E-state index in [0.717, 1.165) is 11.5 Å². The molecule has 0 atom stereocenters. The lowest BCUT2D eigenvalue weighted by molar-refractivity contribution is 0.661. The summed E-state index contributed by atoms with van der Waals surface area (Å²) >= 11 is 0.763. The maximum Gasteiger partial charge on any atom is 0.218 e. The average Bonchev–Trinajstić information content (AvgIpc) is 1.91. The molecule has 7 heavy (non-hydrogen) atoms. The first-order valence-electron chi connectivity index (χ1n) is 1.66. The van der Waals surface area contributed by atoms with Gasteiger partial charge in [0, 0.05) is 0 Å². The summed E-state index contributed by atoms with van der Waals surface area (Å²) in [5.74, 6) is 0. The van der Waals surface area contributed by atoms with Crippen LogP contribution in [0.2, 0.25) is 0 Å². The van der Waals surface area contributed by atoms with Gasteiger partial charge in [0.2, 0.25) is 5.13 Å². The van der Waals surface area contributed by atoms with Crippen molar-refractivity contribution in [3.05, 3.63) is 11.3 Å². The number of nitrogens with zero attached hydrogens (tertiary/aromatic N) is 1. The number of hydrogen-bond acceptors (Lipinski definition) is 3. The zero-order chi connectivity index (χ0) is 5.28. The van der Waals surface area contributed by atoms with Crippen molar-refractivity contribution in [2.75, 3.05) is 5.73 Å². The Labute approximate surface area is 43.9 Å². The van der Waals surface area contributed by atoms with Crippen molar-refractivity contribution in [3.63, 3.8) is 0 Å². The summed E-state index contributed by atoms with van der Waals surface area (Å²) in [5.41, 5.74) is 5.14. The van der Waals surface area contributed by atoms with E-state index in [-0.39, 0.29) is 5.69 Å². The maximum atomic E-state index is 11.9. The molecule has 1 aromatic rings. The minimum Gasteiger partial charge on any atom is -0.394 e. The fourth-order valence-electron chi connectivity index (χ4n) is 0.233. The molecular formula is C3H3FN2S. The van der Waals surface area contributed by atoms with Crippen LogP contribution in [0, 0.1) is 5.13 Å². The van der Waals surface area contributed by atoms with Crippen LogP contribution in [0.25, 0.3) is 0 Å². The van der Waals surface area contributed by atoms with Gasteiger partial charge in [-0.05, 0) is 11.5 Å². The third-order valence-corrected chi connectivity index (χ3v) is 1.16. The minimum absolute atomic E-state index is 0.130. The second-order valence-electron chi connectivity index (χ2n) is 1.05. The second-order valence-corrected chi connectivity index (χ2v) is 1.81. The molecule has 0 aliphatic rings. The van der Waals surface area contributed by atoms with Gasteiger partial charge in [-0.15, -0.1) is 0 Å². The average molecular weight is 118 g/mol. The molecule has 0 aliphatic carbocycles. The van der Waals surface area contributed by atoms with Crippen molar-refractivity contribution in [1.82, 2.24) is 4.37 Å². The Morgan fingerprint density at radius 3 is 2.71 bits per heavy atom. The summed E-state index contributed by atoms with van der Waals surface area (Å²) in [5, 5.41) is -0.403. The summed E-state index contributed by atoms with van der Waals surface area (Å²) in [6.07, 6.45) is 1.29. The fourth-order valence-corrected chi connectivity index (χ4v) is 0.650. The number of halogens is 1. The molecule has 0 unspecified atom stereocenters.